The Balaban J connectivity index is 4.66. The first kappa shape index (κ1) is 13.4. The molecule has 0 aliphatic heterocycles. The van der Waals surface area contributed by atoms with E-state index < -0.39 is 16.4 Å². The molecular weight excluding hydrogens is 202 g/mol. The normalized spacial score (nSPS) is 14.6. The highest BCUT2D eigenvalue weighted by atomic mass is 32.2. The second-order valence-corrected chi connectivity index (χ2v) is 5.27. The van der Waals surface area contributed by atoms with Gasteiger partial charge in [-0.15, -0.1) is 5.73 Å². The fourth-order valence-electron chi connectivity index (χ4n) is 0.889. The Morgan fingerprint density at radius 3 is 2.36 bits per heavy atom. The lowest BCUT2D eigenvalue weighted by atomic mass is 9.87. The van der Waals surface area contributed by atoms with Crippen molar-refractivity contribution in [1.29, 1.82) is 0 Å². The molecule has 0 aromatic heterocycles. The summed E-state index contributed by atoms with van der Waals surface area (Å²) in [4.78, 5) is 0. The first-order valence-electron chi connectivity index (χ1n) is 4.22. The van der Waals surface area contributed by atoms with Crippen LogP contribution in [0.25, 0.3) is 0 Å². The molecule has 0 aliphatic rings. The van der Waals surface area contributed by atoms with E-state index in [-0.39, 0.29) is 5.41 Å². The topological polar surface area (TPSA) is 69.4 Å². The van der Waals surface area contributed by atoms with Crippen molar-refractivity contribution in [1.82, 2.24) is 0 Å². The van der Waals surface area contributed by atoms with E-state index in [1.54, 1.807) is 6.08 Å². The summed E-state index contributed by atoms with van der Waals surface area (Å²) in [5.41, 5.74) is 2.26. The van der Waals surface area contributed by atoms with Crippen LogP contribution in [0, 0.1) is 5.41 Å². The zero-order valence-corrected chi connectivity index (χ0v) is 9.60. The van der Waals surface area contributed by atoms with Gasteiger partial charge in [0.2, 0.25) is 0 Å². The second-order valence-electron chi connectivity index (χ2n) is 4.09. The standard InChI is InChI=1S/C9H17NO3S/c1-5-6-7-8(9(2,3)4)13-14(10,11)12/h6,8H,1,7H2,2-4H3,(H2,10,11,12). The van der Waals surface area contributed by atoms with Crippen LogP contribution in [0.5, 0.6) is 0 Å². The zero-order valence-electron chi connectivity index (χ0n) is 8.78. The van der Waals surface area contributed by atoms with Crippen molar-refractivity contribution in [2.24, 2.45) is 10.6 Å². The van der Waals surface area contributed by atoms with E-state index in [4.69, 9.17) is 9.32 Å². The average molecular weight is 219 g/mol. The Labute approximate surface area is 85.7 Å². The number of rotatable bonds is 4. The Hall–Kier alpha value is -0.610. The molecule has 0 bridgehead atoms. The summed E-state index contributed by atoms with van der Waals surface area (Å²) in [6.45, 7) is 9.02. The van der Waals surface area contributed by atoms with E-state index in [9.17, 15) is 8.42 Å². The molecule has 0 heterocycles. The van der Waals surface area contributed by atoms with Gasteiger partial charge >= 0.3 is 10.3 Å². The summed E-state index contributed by atoms with van der Waals surface area (Å²) in [7, 11) is -3.91. The summed E-state index contributed by atoms with van der Waals surface area (Å²) in [5.74, 6) is 0. The molecule has 14 heavy (non-hydrogen) atoms. The molecule has 0 saturated heterocycles. The first-order chi connectivity index (χ1) is 6.17. The molecule has 0 aromatic carbocycles. The third-order valence-electron chi connectivity index (χ3n) is 1.69. The van der Waals surface area contributed by atoms with Gasteiger partial charge in [0, 0.05) is 6.42 Å². The van der Waals surface area contributed by atoms with E-state index in [1.165, 1.54) is 0 Å². The molecule has 4 nitrogen and oxygen atoms in total. The molecule has 0 fully saturated rings. The minimum absolute atomic E-state index is 0.306. The van der Waals surface area contributed by atoms with Crippen molar-refractivity contribution < 1.29 is 12.6 Å². The van der Waals surface area contributed by atoms with Gasteiger partial charge in [0.15, 0.2) is 0 Å². The van der Waals surface area contributed by atoms with E-state index in [1.807, 2.05) is 20.8 Å². The van der Waals surface area contributed by atoms with Crippen molar-refractivity contribution >= 4 is 10.3 Å². The number of nitrogens with two attached hydrogens (primary N) is 1. The van der Waals surface area contributed by atoms with Gasteiger partial charge in [-0.2, -0.15) is 8.42 Å². The summed E-state index contributed by atoms with van der Waals surface area (Å²) >= 11 is 0. The van der Waals surface area contributed by atoms with Crippen LogP contribution in [0.15, 0.2) is 18.4 Å². The van der Waals surface area contributed by atoms with E-state index in [0.29, 0.717) is 6.42 Å². The molecule has 0 aliphatic carbocycles. The summed E-state index contributed by atoms with van der Waals surface area (Å²) in [5, 5.41) is 4.80. The van der Waals surface area contributed by atoms with Crippen LogP contribution in [0.4, 0.5) is 0 Å². The Kier molecular flexibility index (Phi) is 4.55. The molecule has 0 aromatic rings. The van der Waals surface area contributed by atoms with Crippen molar-refractivity contribution in [3.8, 4) is 0 Å². The van der Waals surface area contributed by atoms with Crippen molar-refractivity contribution in [3.63, 3.8) is 0 Å². The van der Waals surface area contributed by atoms with E-state index in [2.05, 4.69) is 12.3 Å². The monoisotopic (exact) mass is 219 g/mol. The number of hydrogen-bond donors (Lipinski definition) is 1. The van der Waals surface area contributed by atoms with Crippen LogP contribution in [0.1, 0.15) is 27.2 Å². The molecule has 2 N–H and O–H groups in total. The van der Waals surface area contributed by atoms with Gasteiger partial charge in [0.25, 0.3) is 0 Å². The van der Waals surface area contributed by atoms with Gasteiger partial charge < -0.3 is 0 Å². The molecule has 0 amide bonds. The zero-order chi connectivity index (χ0) is 11.4. The average Bonchev–Trinajstić information content (AvgIpc) is 1.93. The maximum absolute atomic E-state index is 10.8. The van der Waals surface area contributed by atoms with Gasteiger partial charge in [0.1, 0.15) is 0 Å². The molecule has 1 unspecified atom stereocenters. The van der Waals surface area contributed by atoms with Crippen LogP contribution in [-0.4, -0.2) is 14.5 Å². The molecule has 82 valence electrons. The fourth-order valence-corrected chi connectivity index (χ4v) is 1.58. The van der Waals surface area contributed by atoms with Crippen molar-refractivity contribution in [3.05, 3.63) is 18.4 Å². The molecule has 1 atom stereocenters. The predicted octanol–water partition coefficient (Wildman–Crippen LogP) is 1.35. The smallest absolute Gasteiger partial charge is 0.254 e. The molecule has 0 rings (SSSR count). The van der Waals surface area contributed by atoms with Gasteiger partial charge in [-0.05, 0) is 11.5 Å². The largest absolute Gasteiger partial charge is 0.333 e. The highest BCUT2D eigenvalue weighted by Crippen LogP contribution is 2.25. The maximum Gasteiger partial charge on any atom is 0.333 e. The predicted molar refractivity (Wildman–Crippen MR) is 55.8 cm³/mol. The molecule has 0 spiro atoms. The quantitative estimate of drug-likeness (QED) is 0.726. The first-order valence-corrected chi connectivity index (χ1v) is 5.69. The third kappa shape index (κ3) is 5.94. The lowest BCUT2D eigenvalue weighted by Crippen LogP contribution is -2.33. The lowest BCUT2D eigenvalue weighted by Gasteiger charge is -2.28. The van der Waals surface area contributed by atoms with Gasteiger partial charge in [-0.1, -0.05) is 27.4 Å². The second kappa shape index (κ2) is 4.75. The van der Waals surface area contributed by atoms with Crippen LogP contribution >= 0.6 is 0 Å². The summed E-state index contributed by atoms with van der Waals surface area (Å²) < 4.78 is 26.3. The maximum atomic E-state index is 10.8. The summed E-state index contributed by atoms with van der Waals surface area (Å²) in [6, 6.07) is 0. The Morgan fingerprint density at radius 1 is 1.57 bits per heavy atom. The Morgan fingerprint density at radius 2 is 2.07 bits per heavy atom. The van der Waals surface area contributed by atoms with Crippen LogP contribution in [0.2, 0.25) is 0 Å². The minimum atomic E-state index is -3.91. The Bertz CT molecular complexity index is 320. The van der Waals surface area contributed by atoms with Crippen LogP contribution in [-0.2, 0) is 14.5 Å². The minimum Gasteiger partial charge on any atom is -0.254 e. The molecular formula is C9H17NO3S. The van der Waals surface area contributed by atoms with Gasteiger partial charge in [-0.3, -0.25) is 4.18 Å². The molecule has 0 radical (unpaired) electrons. The van der Waals surface area contributed by atoms with E-state index in [0.717, 1.165) is 0 Å². The molecule has 5 heteroatoms. The third-order valence-corrected chi connectivity index (χ3v) is 2.19. The molecule has 0 saturated carbocycles. The highest BCUT2D eigenvalue weighted by Gasteiger charge is 2.28. The van der Waals surface area contributed by atoms with Gasteiger partial charge in [-0.25, -0.2) is 5.14 Å². The van der Waals surface area contributed by atoms with Crippen molar-refractivity contribution in [2.75, 3.05) is 0 Å². The van der Waals surface area contributed by atoms with Crippen LogP contribution < -0.4 is 5.14 Å². The fraction of sp³-hybridized carbons (Fsp3) is 0.667. The SMILES string of the molecule is C=C=CCC(OS(N)(=O)=O)C(C)(C)C. The number of hydrogen-bond acceptors (Lipinski definition) is 3. The van der Waals surface area contributed by atoms with Crippen LogP contribution in [0.3, 0.4) is 0 Å². The van der Waals surface area contributed by atoms with Gasteiger partial charge in [0.05, 0.1) is 6.10 Å². The van der Waals surface area contributed by atoms with Crippen molar-refractivity contribution in [2.45, 2.75) is 33.3 Å². The van der Waals surface area contributed by atoms with E-state index >= 15 is 0 Å². The summed E-state index contributed by atoms with van der Waals surface area (Å²) in [6.07, 6.45) is 1.55. The highest BCUT2D eigenvalue weighted by molar-refractivity contribution is 7.84. The lowest BCUT2D eigenvalue weighted by molar-refractivity contribution is 0.0959.